The maximum Gasteiger partial charge on any atom is 0.312 e. The van der Waals surface area contributed by atoms with E-state index in [1.54, 1.807) is 0 Å². The molecule has 0 N–H and O–H groups in total. The fraction of sp³-hybridized carbons (Fsp3) is 0.765. The summed E-state index contributed by atoms with van der Waals surface area (Å²) in [5, 5.41) is 0. The topological polar surface area (TPSA) is 55.8 Å². The number of unbranched alkanes of at least 4 members (excludes halogenated alkanes) is 1. The molecule has 3 rings (SSSR count). The molecule has 1 spiro atoms. The monoisotopic (exact) mass is 307 g/mol. The minimum Gasteiger partial charge on any atom is -0.465 e. The maximum absolute atomic E-state index is 12.7. The number of hydrogen-bond acceptors (Lipinski definition) is 4. The zero-order valence-electron chi connectivity index (χ0n) is 13.6. The van der Waals surface area contributed by atoms with E-state index in [1.807, 2.05) is 30.9 Å². The average molecular weight is 307 g/mol. The van der Waals surface area contributed by atoms with Crippen LogP contribution in [-0.4, -0.2) is 48.2 Å². The Labute approximate surface area is 131 Å². The van der Waals surface area contributed by atoms with Crippen LogP contribution in [0.4, 0.5) is 0 Å². The van der Waals surface area contributed by atoms with E-state index in [2.05, 4.69) is 6.92 Å². The molecule has 2 bridgehead atoms. The fourth-order valence-corrected chi connectivity index (χ4v) is 3.73. The summed E-state index contributed by atoms with van der Waals surface area (Å²) in [4.78, 5) is 27.0. The third kappa shape index (κ3) is 2.35. The van der Waals surface area contributed by atoms with Gasteiger partial charge in [0, 0.05) is 6.54 Å². The lowest BCUT2D eigenvalue weighted by Gasteiger charge is -2.23. The van der Waals surface area contributed by atoms with Crippen molar-refractivity contribution in [1.82, 2.24) is 4.90 Å². The molecule has 2 saturated heterocycles. The summed E-state index contributed by atoms with van der Waals surface area (Å²) in [6.07, 6.45) is 5.62. The first-order valence-corrected chi connectivity index (χ1v) is 8.31. The molecular formula is C17H25NO4. The molecule has 0 aliphatic carbocycles. The number of ether oxygens (including phenoxy) is 2. The summed E-state index contributed by atoms with van der Waals surface area (Å²) in [7, 11) is 0. The van der Waals surface area contributed by atoms with E-state index in [1.165, 1.54) is 0 Å². The first kappa shape index (κ1) is 15.5. The zero-order valence-corrected chi connectivity index (χ0v) is 13.6. The van der Waals surface area contributed by atoms with E-state index in [9.17, 15) is 9.59 Å². The maximum atomic E-state index is 12.7. The van der Waals surface area contributed by atoms with Crippen molar-refractivity contribution in [3.63, 3.8) is 0 Å². The highest BCUT2D eigenvalue weighted by Crippen LogP contribution is 2.52. The van der Waals surface area contributed by atoms with Crippen LogP contribution in [0.2, 0.25) is 0 Å². The van der Waals surface area contributed by atoms with Gasteiger partial charge in [0.15, 0.2) is 0 Å². The molecule has 3 heterocycles. The lowest BCUT2D eigenvalue weighted by Crippen LogP contribution is -2.40. The zero-order chi connectivity index (χ0) is 15.9. The third-order valence-corrected chi connectivity index (χ3v) is 4.79. The second-order valence-electron chi connectivity index (χ2n) is 7.04. The van der Waals surface area contributed by atoms with Gasteiger partial charge in [0.2, 0.25) is 5.91 Å². The number of carbonyl (C=O) groups excluding carboxylic acids is 2. The average Bonchev–Trinajstić information content (AvgIpc) is 3.11. The highest BCUT2D eigenvalue weighted by atomic mass is 16.6. The lowest BCUT2D eigenvalue weighted by molar-refractivity contribution is -0.154. The van der Waals surface area contributed by atoms with Gasteiger partial charge in [-0.3, -0.25) is 9.59 Å². The van der Waals surface area contributed by atoms with Crippen molar-refractivity contribution >= 4 is 11.9 Å². The molecule has 0 saturated carbocycles. The second kappa shape index (κ2) is 5.69. The molecule has 4 atom stereocenters. The Hall–Kier alpha value is -1.36. The van der Waals surface area contributed by atoms with Gasteiger partial charge in [-0.25, -0.2) is 0 Å². The smallest absolute Gasteiger partial charge is 0.312 e. The molecule has 0 aromatic heterocycles. The third-order valence-electron chi connectivity index (χ3n) is 4.79. The Morgan fingerprint density at radius 3 is 3.00 bits per heavy atom. The van der Waals surface area contributed by atoms with Gasteiger partial charge in [0.25, 0.3) is 0 Å². The molecule has 0 unspecified atom stereocenters. The summed E-state index contributed by atoms with van der Waals surface area (Å²) < 4.78 is 11.4. The summed E-state index contributed by atoms with van der Waals surface area (Å²) in [6, 6.07) is 0. The van der Waals surface area contributed by atoms with Crippen LogP contribution in [0.5, 0.6) is 0 Å². The molecular weight excluding hydrogens is 282 g/mol. The molecule has 122 valence electrons. The van der Waals surface area contributed by atoms with E-state index in [0.29, 0.717) is 13.2 Å². The van der Waals surface area contributed by atoms with Crippen molar-refractivity contribution in [2.75, 3.05) is 19.7 Å². The molecule has 3 aliphatic heterocycles. The Morgan fingerprint density at radius 1 is 1.55 bits per heavy atom. The van der Waals surface area contributed by atoms with Gasteiger partial charge in [-0.2, -0.15) is 0 Å². The Bertz CT molecular complexity index is 501. The standard InChI is InChI=1S/C17H25NO4/c1-4-5-8-18-10-17-7-6-12(22-17)13(14(17)15(18)19)16(20)21-9-11(2)3/h6-7,11-14H,4-5,8-10H2,1-3H3/t12-,13+,14+,17-/m0/s1. The van der Waals surface area contributed by atoms with Crippen molar-refractivity contribution < 1.29 is 19.1 Å². The molecule has 5 heteroatoms. The van der Waals surface area contributed by atoms with Crippen molar-refractivity contribution in [2.45, 2.75) is 45.3 Å². The van der Waals surface area contributed by atoms with Crippen LogP contribution in [0.3, 0.4) is 0 Å². The Balaban J connectivity index is 1.76. The van der Waals surface area contributed by atoms with Crippen LogP contribution in [0.25, 0.3) is 0 Å². The number of nitrogens with zero attached hydrogens (tertiary/aromatic N) is 1. The number of amides is 1. The summed E-state index contributed by atoms with van der Waals surface area (Å²) in [5.74, 6) is -0.845. The fourth-order valence-electron chi connectivity index (χ4n) is 3.73. The Kier molecular flexibility index (Phi) is 4.02. The lowest BCUT2D eigenvalue weighted by atomic mass is 9.77. The van der Waals surface area contributed by atoms with E-state index >= 15 is 0 Å². The summed E-state index contributed by atoms with van der Waals surface area (Å²) >= 11 is 0. The van der Waals surface area contributed by atoms with Crippen molar-refractivity contribution in [3.05, 3.63) is 12.2 Å². The van der Waals surface area contributed by atoms with Crippen molar-refractivity contribution in [1.29, 1.82) is 0 Å². The van der Waals surface area contributed by atoms with Crippen LogP contribution in [0.1, 0.15) is 33.6 Å². The van der Waals surface area contributed by atoms with Gasteiger partial charge in [-0.15, -0.1) is 0 Å². The predicted molar refractivity (Wildman–Crippen MR) is 81.0 cm³/mol. The normalized spacial score (nSPS) is 35.5. The van der Waals surface area contributed by atoms with E-state index in [0.717, 1.165) is 19.4 Å². The molecule has 0 radical (unpaired) electrons. The SMILES string of the molecule is CCCCN1C[C@]23C=C[C@H](O2)[C@@H](C(=O)OCC(C)C)[C@@H]3C1=O. The molecule has 2 fully saturated rings. The van der Waals surface area contributed by atoms with Gasteiger partial charge in [0.05, 0.1) is 25.2 Å². The molecule has 0 aromatic rings. The molecule has 22 heavy (non-hydrogen) atoms. The number of carbonyl (C=O) groups is 2. The van der Waals surface area contributed by atoms with E-state index in [4.69, 9.17) is 9.47 Å². The number of fused-ring (bicyclic) bond motifs is 1. The van der Waals surface area contributed by atoms with Crippen LogP contribution >= 0.6 is 0 Å². The first-order valence-electron chi connectivity index (χ1n) is 8.31. The van der Waals surface area contributed by atoms with Gasteiger partial charge in [0.1, 0.15) is 11.5 Å². The largest absolute Gasteiger partial charge is 0.465 e. The van der Waals surface area contributed by atoms with Crippen LogP contribution in [0.15, 0.2) is 12.2 Å². The van der Waals surface area contributed by atoms with Gasteiger partial charge < -0.3 is 14.4 Å². The quantitative estimate of drug-likeness (QED) is 0.554. The molecule has 0 aromatic carbocycles. The number of rotatable bonds is 6. The van der Waals surface area contributed by atoms with Gasteiger partial charge in [-0.05, 0) is 12.3 Å². The molecule has 5 nitrogen and oxygen atoms in total. The molecule has 3 aliphatic rings. The Morgan fingerprint density at radius 2 is 2.32 bits per heavy atom. The van der Waals surface area contributed by atoms with Crippen LogP contribution in [-0.2, 0) is 19.1 Å². The summed E-state index contributed by atoms with van der Waals surface area (Å²) in [6.45, 7) is 7.80. The van der Waals surface area contributed by atoms with Crippen molar-refractivity contribution in [2.24, 2.45) is 17.8 Å². The minimum absolute atomic E-state index is 0.0480. The van der Waals surface area contributed by atoms with Crippen LogP contribution < -0.4 is 0 Å². The highest BCUT2D eigenvalue weighted by Gasteiger charge is 2.67. The number of likely N-dealkylation sites (tertiary alicyclic amines) is 1. The summed E-state index contributed by atoms with van der Waals surface area (Å²) in [5.41, 5.74) is -0.600. The van der Waals surface area contributed by atoms with Crippen molar-refractivity contribution in [3.8, 4) is 0 Å². The predicted octanol–water partition coefficient (Wildman–Crippen LogP) is 1.77. The number of esters is 1. The first-order chi connectivity index (χ1) is 10.5. The van der Waals surface area contributed by atoms with Crippen LogP contribution in [0, 0.1) is 17.8 Å². The van der Waals surface area contributed by atoms with E-state index in [-0.39, 0.29) is 23.9 Å². The highest BCUT2D eigenvalue weighted by molar-refractivity contribution is 5.91. The minimum atomic E-state index is -0.600. The second-order valence-corrected chi connectivity index (χ2v) is 7.04. The van der Waals surface area contributed by atoms with E-state index < -0.39 is 17.4 Å². The van der Waals surface area contributed by atoms with Gasteiger partial charge in [-0.1, -0.05) is 39.3 Å². The van der Waals surface area contributed by atoms with Gasteiger partial charge >= 0.3 is 5.97 Å². The number of hydrogen-bond donors (Lipinski definition) is 0. The molecule has 1 amide bonds.